The number of aryl methyl sites for hydroxylation is 1. The van der Waals surface area contributed by atoms with E-state index in [1.165, 1.54) is 0 Å². The summed E-state index contributed by atoms with van der Waals surface area (Å²) in [5.74, 6) is -0.243. The Bertz CT molecular complexity index is 859. The smallest absolute Gasteiger partial charge is 0.319 e. The van der Waals surface area contributed by atoms with E-state index in [-0.39, 0.29) is 11.9 Å². The summed E-state index contributed by atoms with van der Waals surface area (Å²) in [6.45, 7) is 3.67. The molecule has 0 saturated carbocycles. The summed E-state index contributed by atoms with van der Waals surface area (Å²) in [5.41, 5.74) is 3.60. The van der Waals surface area contributed by atoms with Gasteiger partial charge in [-0.3, -0.25) is 4.79 Å². The normalized spacial score (nSPS) is 16.9. The summed E-state index contributed by atoms with van der Waals surface area (Å²) < 4.78 is 0.933. The third kappa shape index (κ3) is 3.74. The average molecular weight is 400 g/mol. The van der Waals surface area contributed by atoms with Crippen molar-refractivity contribution < 1.29 is 9.59 Å². The second-order valence-electron chi connectivity index (χ2n) is 5.89. The Hall–Kier alpha value is -2.60. The molecule has 3 rings (SSSR count). The van der Waals surface area contributed by atoms with Crippen molar-refractivity contribution in [3.05, 3.63) is 75.4 Å². The first-order chi connectivity index (χ1) is 12.0. The van der Waals surface area contributed by atoms with Crippen LogP contribution in [0, 0.1) is 6.92 Å². The zero-order valence-corrected chi connectivity index (χ0v) is 15.5. The van der Waals surface area contributed by atoms with Crippen molar-refractivity contribution in [3.63, 3.8) is 0 Å². The number of urea groups is 1. The molecule has 1 aliphatic heterocycles. The lowest BCUT2D eigenvalue weighted by Crippen LogP contribution is -2.46. The summed E-state index contributed by atoms with van der Waals surface area (Å²) >= 11 is 3.40. The van der Waals surface area contributed by atoms with Crippen LogP contribution >= 0.6 is 15.9 Å². The molecule has 5 nitrogen and oxygen atoms in total. The fourth-order valence-electron chi connectivity index (χ4n) is 2.80. The maximum Gasteiger partial charge on any atom is 0.319 e. The van der Waals surface area contributed by atoms with Gasteiger partial charge in [-0.25, -0.2) is 4.79 Å². The van der Waals surface area contributed by atoms with Gasteiger partial charge in [-0.1, -0.05) is 46.3 Å². The molecule has 0 fully saturated rings. The molecule has 1 atom stereocenters. The molecule has 6 heteroatoms. The van der Waals surface area contributed by atoms with Gasteiger partial charge in [-0.05, 0) is 43.2 Å². The number of benzene rings is 2. The predicted molar refractivity (Wildman–Crippen MR) is 101 cm³/mol. The minimum atomic E-state index is -0.508. The first-order valence-electron chi connectivity index (χ1n) is 7.86. The van der Waals surface area contributed by atoms with Crippen LogP contribution in [0.15, 0.2) is 64.3 Å². The fraction of sp³-hybridized carbons (Fsp3) is 0.158. The topological polar surface area (TPSA) is 70.2 Å². The van der Waals surface area contributed by atoms with Gasteiger partial charge in [0.15, 0.2) is 0 Å². The van der Waals surface area contributed by atoms with Crippen molar-refractivity contribution in [2.24, 2.45) is 0 Å². The SMILES string of the molecule is CC1=C(C(=O)Nc2ccccc2C)[C@H](c2ccc(Br)cc2)NC(=O)N1. The lowest BCUT2D eigenvalue weighted by molar-refractivity contribution is -0.113. The summed E-state index contributed by atoms with van der Waals surface area (Å²) in [5, 5.41) is 8.45. The zero-order valence-electron chi connectivity index (χ0n) is 13.9. The lowest BCUT2D eigenvalue weighted by atomic mass is 9.95. The first-order valence-corrected chi connectivity index (χ1v) is 8.65. The van der Waals surface area contributed by atoms with Crippen molar-refractivity contribution >= 4 is 33.6 Å². The van der Waals surface area contributed by atoms with Gasteiger partial charge in [0.25, 0.3) is 5.91 Å². The molecule has 0 saturated heterocycles. The van der Waals surface area contributed by atoms with Crippen molar-refractivity contribution in [1.82, 2.24) is 10.6 Å². The van der Waals surface area contributed by atoms with E-state index in [2.05, 4.69) is 31.9 Å². The van der Waals surface area contributed by atoms with Crippen LogP contribution in [-0.4, -0.2) is 11.9 Å². The molecule has 2 aromatic carbocycles. The van der Waals surface area contributed by atoms with Crippen molar-refractivity contribution in [2.45, 2.75) is 19.9 Å². The van der Waals surface area contributed by atoms with Gasteiger partial charge in [-0.2, -0.15) is 0 Å². The average Bonchev–Trinajstić information content (AvgIpc) is 2.57. The highest BCUT2D eigenvalue weighted by molar-refractivity contribution is 9.10. The molecule has 0 spiro atoms. The molecule has 2 aromatic rings. The monoisotopic (exact) mass is 399 g/mol. The van der Waals surface area contributed by atoms with Gasteiger partial charge in [0, 0.05) is 15.9 Å². The number of amides is 3. The molecular formula is C19H18BrN3O2. The summed E-state index contributed by atoms with van der Waals surface area (Å²) in [6.07, 6.45) is 0. The van der Waals surface area contributed by atoms with E-state index in [0.29, 0.717) is 11.3 Å². The highest BCUT2D eigenvalue weighted by atomic mass is 79.9. The van der Waals surface area contributed by atoms with Gasteiger partial charge in [0.05, 0.1) is 11.6 Å². The van der Waals surface area contributed by atoms with Gasteiger partial charge in [0.2, 0.25) is 0 Å². The fourth-order valence-corrected chi connectivity index (χ4v) is 3.07. The number of allylic oxidation sites excluding steroid dienone is 1. The van der Waals surface area contributed by atoms with Crippen LogP contribution in [0.2, 0.25) is 0 Å². The number of carbonyl (C=O) groups excluding carboxylic acids is 2. The lowest BCUT2D eigenvalue weighted by Gasteiger charge is -2.28. The highest BCUT2D eigenvalue weighted by Gasteiger charge is 2.31. The molecule has 128 valence electrons. The predicted octanol–water partition coefficient (Wildman–Crippen LogP) is 4.02. The van der Waals surface area contributed by atoms with E-state index >= 15 is 0 Å². The quantitative estimate of drug-likeness (QED) is 0.728. The van der Waals surface area contributed by atoms with Gasteiger partial charge in [-0.15, -0.1) is 0 Å². The second kappa shape index (κ2) is 7.11. The van der Waals surface area contributed by atoms with E-state index in [1.54, 1.807) is 6.92 Å². The molecule has 3 N–H and O–H groups in total. The molecule has 25 heavy (non-hydrogen) atoms. The summed E-state index contributed by atoms with van der Waals surface area (Å²) in [7, 11) is 0. The number of hydrogen-bond donors (Lipinski definition) is 3. The first kappa shape index (κ1) is 17.2. The third-order valence-corrected chi connectivity index (χ3v) is 4.64. The number of hydrogen-bond acceptors (Lipinski definition) is 2. The van der Waals surface area contributed by atoms with Gasteiger partial charge < -0.3 is 16.0 Å². The third-order valence-electron chi connectivity index (χ3n) is 4.11. The Balaban J connectivity index is 1.96. The summed E-state index contributed by atoms with van der Waals surface area (Å²) in [4.78, 5) is 24.8. The van der Waals surface area contributed by atoms with E-state index in [0.717, 1.165) is 21.3 Å². The molecule has 0 bridgehead atoms. The largest absolute Gasteiger partial charge is 0.327 e. The number of halogens is 1. The minimum Gasteiger partial charge on any atom is -0.327 e. The van der Waals surface area contributed by atoms with Crippen LogP contribution in [0.4, 0.5) is 10.5 Å². The Morgan fingerprint density at radius 1 is 1.08 bits per heavy atom. The van der Waals surface area contributed by atoms with Crippen molar-refractivity contribution in [3.8, 4) is 0 Å². The van der Waals surface area contributed by atoms with E-state index in [4.69, 9.17) is 0 Å². The van der Waals surface area contributed by atoms with Gasteiger partial charge >= 0.3 is 6.03 Å². The molecule has 3 amide bonds. The second-order valence-corrected chi connectivity index (χ2v) is 6.81. The molecule has 0 aliphatic carbocycles. The molecular weight excluding hydrogens is 382 g/mol. The summed E-state index contributed by atoms with van der Waals surface area (Å²) in [6, 6.07) is 14.3. The standard InChI is InChI=1S/C19H18BrN3O2/c1-11-5-3-4-6-15(11)22-18(24)16-12(2)21-19(25)23-17(16)13-7-9-14(20)10-8-13/h3-10,17H,1-2H3,(H,22,24)(H2,21,23,25)/t17-/m0/s1. The van der Waals surface area contributed by atoms with Crippen LogP contribution < -0.4 is 16.0 Å². The number of nitrogens with one attached hydrogen (secondary N) is 3. The van der Waals surface area contributed by atoms with Gasteiger partial charge in [0.1, 0.15) is 0 Å². The Morgan fingerprint density at radius 3 is 2.44 bits per heavy atom. The van der Waals surface area contributed by atoms with Crippen molar-refractivity contribution in [1.29, 1.82) is 0 Å². The molecule has 1 aliphatic rings. The zero-order chi connectivity index (χ0) is 18.0. The maximum atomic E-state index is 12.9. The minimum absolute atomic E-state index is 0.243. The molecule has 0 aromatic heterocycles. The maximum absolute atomic E-state index is 12.9. The van der Waals surface area contributed by atoms with Crippen LogP contribution in [0.1, 0.15) is 24.1 Å². The Morgan fingerprint density at radius 2 is 1.76 bits per heavy atom. The Labute approximate surface area is 154 Å². The van der Waals surface area contributed by atoms with Crippen LogP contribution in [-0.2, 0) is 4.79 Å². The van der Waals surface area contributed by atoms with Crippen molar-refractivity contribution in [2.75, 3.05) is 5.32 Å². The van der Waals surface area contributed by atoms with Crippen LogP contribution in [0.3, 0.4) is 0 Å². The van der Waals surface area contributed by atoms with Crippen LogP contribution in [0.25, 0.3) is 0 Å². The van der Waals surface area contributed by atoms with E-state index in [1.807, 2.05) is 55.5 Å². The molecule has 1 heterocycles. The Kier molecular flexibility index (Phi) is 4.90. The van der Waals surface area contributed by atoms with E-state index < -0.39 is 6.04 Å². The number of anilines is 1. The van der Waals surface area contributed by atoms with Crippen LogP contribution in [0.5, 0.6) is 0 Å². The number of carbonyl (C=O) groups is 2. The highest BCUT2D eigenvalue weighted by Crippen LogP contribution is 2.29. The number of para-hydroxylation sites is 1. The van der Waals surface area contributed by atoms with E-state index in [9.17, 15) is 9.59 Å². The molecule has 0 unspecified atom stereocenters. The number of rotatable bonds is 3. The molecule has 0 radical (unpaired) electrons.